The van der Waals surface area contributed by atoms with Crippen LogP contribution in [0.2, 0.25) is 0 Å². The lowest BCUT2D eigenvalue weighted by Crippen LogP contribution is -2.24. The molecule has 0 saturated carbocycles. The lowest BCUT2D eigenvalue weighted by Gasteiger charge is -2.14. The highest BCUT2D eigenvalue weighted by atomic mass is 79.9. The standard InChI is InChI=1S/C11H13BrN4O3/c12-5-2-16(8-1-6(18)7(3-17)19-8)11-9(5)10(13)14-4-15-11/h2,4,6-8,17-18H,1,3H2,(H2,13,14,15)/t6-,7?,8+/m0/s1. The SMILES string of the molecule is Nc1ncnc2c1c(Br)cn2[C@H]1C[C@H](O)C(CO)O1. The van der Waals surface area contributed by atoms with Crippen LogP contribution < -0.4 is 5.73 Å². The second-order valence-corrected chi connectivity index (χ2v) is 5.31. The molecule has 3 heterocycles. The maximum Gasteiger partial charge on any atom is 0.148 e. The zero-order valence-electron chi connectivity index (χ0n) is 9.90. The molecule has 3 rings (SSSR count). The Labute approximate surface area is 117 Å². The Hall–Kier alpha value is -1.22. The lowest BCUT2D eigenvalue weighted by atomic mass is 10.2. The van der Waals surface area contributed by atoms with Gasteiger partial charge in [0.1, 0.15) is 30.1 Å². The number of nitrogen functional groups attached to an aromatic ring is 1. The molecule has 1 unspecified atom stereocenters. The highest BCUT2D eigenvalue weighted by Crippen LogP contribution is 2.35. The Morgan fingerprint density at radius 1 is 1.53 bits per heavy atom. The Morgan fingerprint density at radius 3 is 3.00 bits per heavy atom. The average Bonchev–Trinajstić information content (AvgIpc) is 2.91. The van der Waals surface area contributed by atoms with Crippen LogP contribution in [0.3, 0.4) is 0 Å². The first-order valence-electron chi connectivity index (χ1n) is 5.82. The van der Waals surface area contributed by atoms with Crippen molar-refractivity contribution in [2.24, 2.45) is 0 Å². The van der Waals surface area contributed by atoms with E-state index >= 15 is 0 Å². The molecule has 8 heteroatoms. The van der Waals surface area contributed by atoms with E-state index in [2.05, 4.69) is 25.9 Å². The van der Waals surface area contributed by atoms with E-state index in [1.807, 2.05) is 0 Å². The summed E-state index contributed by atoms with van der Waals surface area (Å²) in [6.45, 7) is -0.213. The van der Waals surface area contributed by atoms with Crippen molar-refractivity contribution in [3.05, 3.63) is 17.0 Å². The van der Waals surface area contributed by atoms with Crippen LogP contribution >= 0.6 is 15.9 Å². The molecule has 19 heavy (non-hydrogen) atoms. The maximum absolute atomic E-state index is 9.79. The van der Waals surface area contributed by atoms with E-state index < -0.39 is 12.2 Å². The summed E-state index contributed by atoms with van der Waals surface area (Å²) in [7, 11) is 0. The van der Waals surface area contributed by atoms with Crippen molar-refractivity contribution < 1.29 is 14.9 Å². The van der Waals surface area contributed by atoms with Crippen LogP contribution in [-0.4, -0.2) is 43.6 Å². The van der Waals surface area contributed by atoms with Crippen LogP contribution in [0.4, 0.5) is 5.82 Å². The summed E-state index contributed by atoms with van der Waals surface area (Å²) in [5.41, 5.74) is 6.46. The number of nitrogens with zero attached hydrogens (tertiary/aromatic N) is 3. The molecule has 0 spiro atoms. The van der Waals surface area contributed by atoms with Crippen molar-refractivity contribution in [3.63, 3.8) is 0 Å². The minimum absolute atomic E-state index is 0.213. The first-order valence-corrected chi connectivity index (χ1v) is 6.62. The van der Waals surface area contributed by atoms with E-state index in [4.69, 9.17) is 15.6 Å². The van der Waals surface area contributed by atoms with Gasteiger partial charge in [0.05, 0.1) is 18.1 Å². The third-order valence-corrected chi connectivity index (χ3v) is 3.89. The first kappa shape index (κ1) is 12.8. The van der Waals surface area contributed by atoms with Gasteiger partial charge in [-0.15, -0.1) is 0 Å². The summed E-state index contributed by atoms with van der Waals surface area (Å²) in [5.74, 6) is 0.382. The van der Waals surface area contributed by atoms with Crippen molar-refractivity contribution in [1.29, 1.82) is 0 Å². The molecule has 3 atom stereocenters. The van der Waals surface area contributed by atoms with E-state index in [-0.39, 0.29) is 12.8 Å². The molecular weight excluding hydrogens is 316 g/mol. The van der Waals surface area contributed by atoms with Gasteiger partial charge < -0.3 is 25.3 Å². The topological polar surface area (TPSA) is 106 Å². The van der Waals surface area contributed by atoms with Gasteiger partial charge in [-0.2, -0.15) is 0 Å². The summed E-state index contributed by atoms with van der Waals surface area (Å²) < 4.78 is 8.17. The second kappa shape index (κ2) is 4.71. The summed E-state index contributed by atoms with van der Waals surface area (Å²) in [6.07, 6.45) is 1.94. The van der Waals surface area contributed by atoms with Crippen LogP contribution in [0.1, 0.15) is 12.6 Å². The average molecular weight is 329 g/mol. The highest BCUT2D eigenvalue weighted by molar-refractivity contribution is 9.10. The minimum Gasteiger partial charge on any atom is -0.394 e. The predicted molar refractivity (Wildman–Crippen MR) is 71.3 cm³/mol. The second-order valence-electron chi connectivity index (χ2n) is 4.46. The Bertz CT molecular complexity index is 617. The number of aromatic nitrogens is 3. The van der Waals surface area contributed by atoms with Crippen LogP contribution in [0, 0.1) is 0 Å². The summed E-state index contributed by atoms with van der Waals surface area (Å²) in [5, 5.41) is 19.6. The van der Waals surface area contributed by atoms with Gasteiger partial charge in [-0.05, 0) is 15.9 Å². The number of anilines is 1. The smallest absolute Gasteiger partial charge is 0.148 e. The molecule has 2 aromatic rings. The van der Waals surface area contributed by atoms with E-state index in [1.165, 1.54) is 6.33 Å². The van der Waals surface area contributed by atoms with Crippen molar-refractivity contribution >= 4 is 32.8 Å². The van der Waals surface area contributed by atoms with Gasteiger partial charge in [0.25, 0.3) is 0 Å². The molecular formula is C11H13BrN4O3. The van der Waals surface area contributed by atoms with E-state index in [0.717, 1.165) is 4.47 Å². The monoisotopic (exact) mass is 328 g/mol. The molecule has 1 aliphatic heterocycles. The third-order valence-electron chi connectivity index (χ3n) is 3.29. The number of halogens is 1. The van der Waals surface area contributed by atoms with Crippen molar-refractivity contribution in [1.82, 2.24) is 14.5 Å². The number of nitrogens with two attached hydrogens (primary N) is 1. The van der Waals surface area contributed by atoms with Crippen LogP contribution in [0.15, 0.2) is 17.0 Å². The van der Waals surface area contributed by atoms with E-state index in [0.29, 0.717) is 23.3 Å². The molecule has 102 valence electrons. The zero-order chi connectivity index (χ0) is 13.6. The third kappa shape index (κ3) is 2.00. The summed E-state index contributed by atoms with van der Waals surface area (Å²) in [6, 6.07) is 0. The highest BCUT2D eigenvalue weighted by Gasteiger charge is 2.35. The molecule has 1 saturated heterocycles. The van der Waals surface area contributed by atoms with Crippen LogP contribution in [-0.2, 0) is 4.74 Å². The minimum atomic E-state index is -0.689. The lowest BCUT2D eigenvalue weighted by molar-refractivity contribution is -0.0430. The zero-order valence-corrected chi connectivity index (χ0v) is 11.5. The molecule has 2 aromatic heterocycles. The Balaban J connectivity index is 2.05. The molecule has 4 N–H and O–H groups in total. The molecule has 0 amide bonds. The van der Waals surface area contributed by atoms with Gasteiger partial charge in [-0.1, -0.05) is 0 Å². The number of hydrogen-bond acceptors (Lipinski definition) is 6. The number of ether oxygens (including phenoxy) is 1. The normalized spacial score (nSPS) is 27.2. The molecule has 0 radical (unpaired) electrons. The molecule has 1 aliphatic rings. The fourth-order valence-corrected chi connectivity index (χ4v) is 2.93. The quantitative estimate of drug-likeness (QED) is 0.737. The van der Waals surface area contributed by atoms with Crippen LogP contribution in [0.25, 0.3) is 11.0 Å². The maximum atomic E-state index is 9.79. The number of rotatable bonds is 2. The Morgan fingerprint density at radius 2 is 2.32 bits per heavy atom. The number of aliphatic hydroxyl groups is 2. The van der Waals surface area contributed by atoms with Gasteiger partial charge >= 0.3 is 0 Å². The molecule has 7 nitrogen and oxygen atoms in total. The van der Waals surface area contributed by atoms with Gasteiger partial charge in [0.2, 0.25) is 0 Å². The molecule has 0 aliphatic carbocycles. The largest absolute Gasteiger partial charge is 0.394 e. The van der Waals surface area contributed by atoms with Crippen LogP contribution in [0.5, 0.6) is 0 Å². The first-order chi connectivity index (χ1) is 9.11. The van der Waals surface area contributed by atoms with Gasteiger partial charge in [0, 0.05) is 17.1 Å². The fraction of sp³-hybridized carbons (Fsp3) is 0.455. The van der Waals surface area contributed by atoms with Gasteiger partial charge in [-0.25, -0.2) is 9.97 Å². The summed E-state index contributed by atoms with van der Waals surface area (Å²) in [4.78, 5) is 8.15. The Kier molecular flexibility index (Phi) is 3.17. The molecule has 0 aromatic carbocycles. The van der Waals surface area contributed by atoms with E-state index in [9.17, 15) is 5.11 Å². The van der Waals surface area contributed by atoms with Crippen molar-refractivity contribution in [2.75, 3.05) is 12.3 Å². The number of fused-ring (bicyclic) bond motifs is 1. The van der Waals surface area contributed by atoms with E-state index in [1.54, 1.807) is 10.8 Å². The number of hydrogen-bond donors (Lipinski definition) is 3. The summed E-state index contributed by atoms with van der Waals surface area (Å²) >= 11 is 3.41. The van der Waals surface area contributed by atoms with Crippen molar-refractivity contribution in [2.45, 2.75) is 24.9 Å². The van der Waals surface area contributed by atoms with Gasteiger partial charge in [0.15, 0.2) is 0 Å². The van der Waals surface area contributed by atoms with Gasteiger partial charge in [-0.3, -0.25) is 0 Å². The predicted octanol–water partition coefficient (Wildman–Crippen LogP) is 0.417. The number of aliphatic hydroxyl groups excluding tert-OH is 2. The fourth-order valence-electron chi connectivity index (χ4n) is 2.33. The van der Waals surface area contributed by atoms with Crippen molar-refractivity contribution in [3.8, 4) is 0 Å². The molecule has 0 bridgehead atoms. The molecule has 1 fully saturated rings.